The summed E-state index contributed by atoms with van der Waals surface area (Å²) in [6, 6.07) is 24.8. The monoisotopic (exact) mass is 387 g/mol. The number of rotatable bonds is 8. The molecule has 0 atom stereocenters. The quantitative estimate of drug-likeness (QED) is 0.547. The van der Waals surface area contributed by atoms with Gasteiger partial charge in [-0.1, -0.05) is 54.6 Å². The first kappa shape index (κ1) is 20.1. The van der Waals surface area contributed by atoms with E-state index in [4.69, 9.17) is 0 Å². The summed E-state index contributed by atoms with van der Waals surface area (Å²) in [5, 5.41) is 8.86. The lowest BCUT2D eigenvalue weighted by Crippen LogP contribution is -2.28. The minimum absolute atomic E-state index is 0.0717. The Morgan fingerprint density at radius 2 is 1.62 bits per heavy atom. The largest absolute Gasteiger partial charge is 0.376 e. The van der Waals surface area contributed by atoms with E-state index in [0.717, 1.165) is 17.7 Å². The Kier molecular flexibility index (Phi) is 7.00. The van der Waals surface area contributed by atoms with Crippen molar-refractivity contribution < 1.29 is 9.59 Å². The average molecular weight is 387 g/mol. The zero-order valence-electron chi connectivity index (χ0n) is 16.4. The highest BCUT2D eigenvalue weighted by Crippen LogP contribution is 2.15. The average Bonchev–Trinajstić information content (AvgIpc) is 2.73. The Hall–Kier alpha value is -3.60. The van der Waals surface area contributed by atoms with Gasteiger partial charge in [-0.3, -0.25) is 9.59 Å². The van der Waals surface area contributed by atoms with Crippen molar-refractivity contribution in [3.8, 4) is 0 Å². The molecule has 0 fully saturated rings. The van der Waals surface area contributed by atoms with Crippen molar-refractivity contribution in [2.75, 3.05) is 23.7 Å². The molecule has 148 valence electrons. The van der Waals surface area contributed by atoms with E-state index in [-0.39, 0.29) is 18.4 Å². The molecule has 0 saturated heterocycles. The van der Waals surface area contributed by atoms with Crippen LogP contribution in [0.15, 0.2) is 78.9 Å². The molecule has 0 aliphatic carbocycles. The number of aryl methyl sites for hydroxylation is 1. The van der Waals surface area contributed by atoms with Crippen LogP contribution in [0.2, 0.25) is 0 Å². The van der Waals surface area contributed by atoms with Crippen LogP contribution in [0, 0.1) is 6.92 Å². The summed E-state index contributed by atoms with van der Waals surface area (Å²) in [6.07, 6.45) is 0.765. The van der Waals surface area contributed by atoms with Gasteiger partial charge in [0.2, 0.25) is 5.91 Å². The third kappa shape index (κ3) is 6.21. The molecule has 0 unspecified atom stereocenters. The van der Waals surface area contributed by atoms with E-state index < -0.39 is 0 Å². The number of para-hydroxylation sites is 1. The number of amides is 2. The summed E-state index contributed by atoms with van der Waals surface area (Å²) in [6.45, 7) is 2.59. The fourth-order valence-corrected chi connectivity index (χ4v) is 3.00. The molecular weight excluding hydrogens is 362 g/mol. The predicted molar refractivity (Wildman–Crippen MR) is 117 cm³/mol. The minimum Gasteiger partial charge on any atom is -0.376 e. The first-order valence-electron chi connectivity index (χ1n) is 9.63. The molecule has 0 heterocycles. The molecule has 3 aromatic rings. The van der Waals surface area contributed by atoms with Crippen LogP contribution in [0.1, 0.15) is 21.5 Å². The van der Waals surface area contributed by atoms with Gasteiger partial charge in [0.25, 0.3) is 5.91 Å². The van der Waals surface area contributed by atoms with Crippen LogP contribution in [-0.4, -0.2) is 24.9 Å². The molecule has 3 rings (SSSR count). The van der Waals surface area contributed by atoms with Gasteiger partial charge < -0.3 is 16.0 Å². The third-order valence-electron chi connectivity index (χ3n) is 4.45. The smallest absolute Gasteiger partial charge is 0.253 e. The Labute approximate surface area is 171 Å². The van der Waals surface area contributed by atoms with Gasteiger partial charge in [-0.15, -0.1) is 0 Å². The molecule has 2 amide bonds. The van der Waals surface area contributed by atoms with Gasteiger partial charge in [0.1, 0.15) is 0 Å². The van der Waals surface area contributed by atoms with E-state index in [9.17, 15) is 9.59 Å². The van der Waals surface area contributed by atoms with Gasteiger partial charge in [-0.25, -0.2) is 0 Å². The van der Waals surface area contributed by atoms with Gasteiger partial charge >= 0.3 is 0 Å². The van der Waals surface area contributed by atoms with Crippen LogP contribution in [0.5, 0.6) is 0 Å². The van der Waals surface area contributed by atoms with Crippen LogP contribution in [0.3, 0.4) is 0 Å². The van der Waals surface area contributed by atoms with Gasteiger partial charge in [-0.2, -0.15) is 0 Å². The van der Waals surface area contributed by atoms with Crippen molar-refractivity contribution >= 4 is 23.2 Å². The maximum Gasteiger partial charge on any atom is 0.253 e. The topological polar surface area (TPSA) is 70.2 Å². The van der Waals surface area contributed by atoms with Crippen molar-refractivity contribution in [1.29, 1.82) is 0 Å². The maximum atomic E-state index is 12.6. The molecule has 0 bridgehead atoms. The molecule has 5 nitrogen and oxygen atoms in total. The van der Waals surface area contributed by atoms with E-state index in [1.165, 1.54) is 5.56 Å². The highest BCUT2D eigenvalue weighted by atomic mass is 16.2. The van der Waals surface area contributed by atoms with Crippen LogP contribution >= 0.6 is 0 Å². The van der Waals surface area contributed by atoms with Gasteiger partial charge in [0.15, 0.2) is 0 Å². The van der Waals surface area contributed by atoms with E-state index in [1.807, 2.05) is 73.7 Å². The molecule has 3 N–H and O–H groups in total. The van der Waals surface area contributed by atoms with E-state index in [1.54, 1.807) is 12.1 Å². The lowest BCUT2D eigenvalue weighted by atomic mass is 10.1. The maximum absolute atomic E-state index is 12.6. The lowest BCUT2D eigenvalue weighted by molar-refractivity contribution is -0.114. The number of nitrogens with one attached hydrogen (secondary N) is 3. The van der Waals surface area contributed by atoms with Gasteiger partial charge in [-0.05, 0) is 48.7 Å². The van der Waals surface area contributed by atoms with Crippen molar-refractivity contribution in [3.05, 3.63) is 95.6 Å². The zero-order chi connectivity index (χ0) is 20.5. The summed E-state index contributed by atoms with van der Waals surface area (Å²) in [7, 11) is 0. The highest BCUT2D eigenvalue weighted by Gasteiger charge is 2.11. The number of anilines is 2. The number of hydrogen-bond donors (Lipinski definition) is 3. The minimum atomic E-state index is -0.171. The van der Waals surface area contributed by atoms with E-state index in [2.05, 4.69) is 16.0 Å². The van der Waals surface area contributed by atoms with Gasteiger partial charge in [0, 0.05) is 17.9 Å². The Bertz CT molecular complexity index is 971. The molecular formula is C24H25N3O2. The summed E-state index contributed by atoms with van der Waals surface area (Å²) < 4.78 is 0. The SMILES string of the molecule is Cc1cccc(NC(=O)CNc2ccccc2C(=O)NCCc2ccccc2)c1. The molecule has 0 aliphatic rings. The molecule has 0 spiro atoms. The second kappa shape index (κ2) is 10.1. The molecule has 29 heavy (non-hydrogen) atoms. The molecule has 0 radical (unpaired) electrons. The zero-order valence-corrected chi connectivity index (χ0v) is 16.4. The van der Waals surface area contributed by atoms with Crippen LogP contribution in [-0.2, 0) is 11.2 Å². The third-order valence-corrected chi connectivity index (χ3v) is 4.45. The van der Waals surface area contributed by atoms with Crippen LogP contribution in [0.25, 0.3) is 0 Å². The summed E-state index contributed by atoms with van der Waals surface area (Å²) >= 11 is 0. The summed E-state index contributed by atoms with van der Waals surface area (Å²) in [5.41, 5.74) is 4.15. The van der Waals surface area contributed by atoms with E-state index in [0.29, 0.717) is 17.8 Å². The normalized spacial score (nSPS) is 10.2. The van der Waals surface area contributed by atoms with E-state index >= 15 is 0 Å². The van der Waals surface area contributed by atoms with Crippen LogP contribution in [0.4, 0.5) is 11.4 Å². The standard InChI is InChI=1S/C24H25N3O2/c1-18-8-7-11-20(16-18)27-23(28)17-26-22-13-6-5-12-21(22)24(29)25-15-14-19-9-3-2-4-10-19/h2-13,16,26H,14-15,17H2,1H3,(H,25,29)(H,27,28). The molecule has 0 saturated carbocycles. The van der Waals surface area contributed by atoms with Gasteiger partial charge in [0.05, 0.1) is 12.1 Å². The van der Waals surface area contributed by atoms with Crippen molar-refractivity contribution in [3.63, 3.8) is 0 Å². The first-order chi connectivity index (χ1) is 14.1. The molecule has 5 heteroatoms. The number of carbonyl (C=O) groups excluding carboxylic acids is 2. The summed E-state index contributed by atoms with van der Waals surface area (Å²) in [5.74, 6) is -0.335. The number of benzene rings is 3. The Balaban J connectivity index is 1.54. The first-order valence-corrected chi connectivity index (χ1v) is 9.63. The second-order valence-corrected chi connectivity index (χ2v) is 6.81. The van der Waals surface area contributed by atoms with Crippen molar-refractivity contribution in [1.82, 2.24) is 5.32 Å². The molecule has 3 aromatic carbocycles. The fourth-order valence-electron chi connectivity index (χ4n) is 3.00. The lowest BCUT2D eigenvalue weighted by Gasteiger charge is -2.13. The Morgan fingerprint density at radius 3 is 2.41 bits per heavy atom. The number of hydrogen-bond acceptors (Lipinski definition) is 3. The predicted octanol–water partition coefficient (Wildman–Crippen LogP) is 4.02. The molecule has 0 aliphatic heterocycles. The van der Waals surface area contributed by atoms with Crippen molar-refractivity contribution in [2.24, 2.45) is 0 Å². The van der Waals surface area contributed by atoms with Crippen LogP contribution < -0.4 is 16.0 Å². The number of carbonyl (C=O) groups is 2. The van der Waals surface area contributed by atoms with Crippen molar-refractivity contribution in [2.45, 2.75) is 13.3 Å². The Morgan fingerprint density at radius 1 is 0.862 bits per heavy atom. The fraction of sp³-hybridized carbons (Fsp3) is 0.167. The highest BCUT2D eigenvalue weighted by molar-refractivity contribution is 6.00. The second-order valence-electron chi connectivity index (χ2n) is 6.81. The molecule has 0 aromatic heterocycles. The summed E-state index contributed by atoms with van der Waals surface area (Å²) in [4.78, 5) is 24.8.